The summed E-state index contributed by atoms with van der Waals surface area (Å²) < 4.78 is 0. The second kappa shape index (κ2) is 13.9. The molecule has 2 amide bonds. The normalized spacial score (nSPS) is 14.1. The van der Waals surface area contributed by atoms with E-state index in [1.54, 1.807) is 23.1 Å². The van der Waals surface area contributed by atoms with Gasteiger partial charge in [-0.1, -0.05) is 6.07 Å². The maximum atomic E-state index is 12.7. The molecule has 0 saturated heterocycles. The topological polar surface area (TPSA) is 122 Å². The first-order valence-electron chi connectivity index (χ1n) is 9.07. The van der Waals surface area contributed by atoms with Crippen LogP contribution in [0.25, 0.3) is 0 Å². The molecule has 0 aromatic carbocycles. The van der Waals surface area contributed by atoms with E-state index in [0.29, 0.717) is 38.0 Å². The number of thiol groups is 1. The van der Waals surface area contributed by atoms with Crippen molar-refractivity contribution in [1.82, 2.24) is 10.6 Å². The number of carbonyl (C=O) groups is 3. The van der Waals surface area contributed by atoms with Gasteiger partial charge in [0.15, 0.2) is 0 Å². The second-order valence-electron chi connectivity index (χ2n) is 6.38. The zero-order chi connectivity index (χ0) is 20.9. The van der Waals surface area contributed by atoms with Gasteiger partial charge in [0.25, 0.3) is 0 Å². The monoisotopic (exact) mass is 447 g/mol. The van der Waals surface area contributed by atoms with Gasteiger partial charge in [-0.05, 0) is 49.1 Å². The lowest BCUT2D eigenvalue weighted by Gasteiger charge is -2.20. The summed E-state index contributed by atoms with van der Waals surface area (Å²) in [5.74, 6) is -0.986. The predicted octanol–water partition coefficient (Wildman–Crippen LogP) is 1.38. The van der Waals surface area contributed by atoms with Crippen LogP contribution in [0.3, 0.4) is 0 Å². The highest BCUT2D eigenvalue weighted by Gasteiger charge is 2.25. The summed E-state index contributed by atoms with van der Waals surface area (Å²) in [5.41, 5.74) is 5.61. The number of carboxylic acid groups (broad SMARTS) is 1. The van der Waals surface area contributed by atoms with Gasteiger partial charge in [-0.2, -0.15) is 24.4 Å². The molecule has 0 radical (unpaired) electrons. The molecule has 0 unspecified atom stereocenters. The Morgan fingerprint density at radius 2 is 2.07 bits per heavy atom. The third-order valence-electron chi connectivity index (χ3n) is 4.19. The summed E-state index contributed by atoms with van der Waals surface area (Å²) in [7, 11) is 0. The average molecular weight is 448 g/mol. The van der Waals surface area contributed by atoms with Crippen molar-refractivity contribution in [2.75, 3.05) is 24.3 Å². The Kier molecular flexibility index (Phi) is 12.3. The molecule has 0 aliphatic rings. The fourth-order valence-electron chi connectivity index (χ4n) is 2.55. The van der Waals surface area contributed by atoms with E-state index in [4.69, 9.17) is 5.73 Å². The van der Waals surface area contributed by atoms with Crippen molar-refractivity contribution in [2.45, 2.75) is 37.8 Å². The number of nitrogens with one attached hydrogen (secondary N) is 2. The van der Waals surface area contributed by atoms with E-state index >= 15 is 0 Å². The van der Waals surface area contributed by atoms with Gasteiger partial charge in [0.05, 0.1) is 6.04 Å². The molecule has 1 rings (SSSR count). The van der Waals surface area contributed by atoms with Crippen LogP contribution in [0.1, 0.15) is 24.1 Å². The Hall–Kier alpha value is -1.23. The first-order chi connectivity index (χ1) is 13.4. The smallest absolute Gasteiger partial charge is 0.326 e. The molecule has 0 aliphatic heterocycles. The molecular formula is C18H29N3O4S3. The zero-order valence-corrected chi connectivity index (χ0v) is 18.5. The molecule has 158 valence electrons. The van der Waals surface area contributed by atoms with Crippen molar-refractivity contribution in [3.8, 4) is 0 Å². The Morgan fingerprint density at radius 3 is 2.64 bits per heavy atom. The molecular weight excluding hydrogens is 418 g/mol. The summed E-state index contributed by atoms with van der Waals surface area (Å²) in [6, 6.07) is 2.34. The summed E-state index contributed by atoms with van der Waals surface area (Å²) in [4.78, 5) is 36.9. The van der Waals surface area contributed by atoms with Gasteiger partial charge >= 0.3 is 5.97 Å². The lowest BCUT2D eigenvalue weighted by molar-refractivity contribution is -0.142. The Labute approximate surface area is 179 Å². The van der Waals surface area contributed by atoms with Crippen molar-refractivity contribution >= 4 is 53.5 Å². The lowest BCUT2D eigenvalue weighted by Crippen LogP contribution is -2.45. The molecule has 1 aromatic heterocycles. The SMILES string of the molecule is CSCC[C@H](NC(=O)[C@@H](CCCNC(=O)[C@@H](N)CS)Cc1cccs1)C(=O)O. The van der Waals surface area contributed by atoms with Crippen LogP contribution in [0.4, 0.5) is 0 Å². The van der Waals surface area contributed by atoms with Crippen LogP contribution in [-0.2, 0) is 20.8 Å². The number of rotatable bonds is 14. The van der Waals surface area contributed by atoms with E-state index in [2.05, 4.69) is 23.3 Å². The molecule has 28 heavy (non-hydrogen) atoms. The standard InChI is InChI=1S/C18H29N3O4S3/c1-27-9-6-15(18(24)25)21-16(22)12(10-13-5-3-8-28-13)4-2-7-20-17(23)14(19)11-26/h3,5,8,12,14-15,26H,2,4,6-7,9-11,19H2,1H3,(H,20,23)(H,21,22)(H,24,25)/t12-,14-,15-/m0/s1. The van der Waals surface area contributed by atoms with E-state index < -0.39 is 18.1 Å². The maximum Gasteiger partial charge on any atom is 0.326 e. The molecule has 0 bridgehead atoms. The number of hydrogen-bond donors (Lipinski definition) is 5. The van der Waals surface area contributed by atoms with Crippen LogP contribution in [0.2, 0.25) is 0 Å². The molecule has 0 spiro atoms. The van der Waals surface area contributed by atoms with Crippen molar-refractivity contribution in [1.29, 1.82) is 0 Å². The maximum absolute atomic E-state index is 12.7. The molecule has 3 atom stereocenters. The summed E-state index contributed by atoms with van der Waals surface area (Å²) >= 11 is 7.10. The number of carboxylic acids is 1. The molecule has 1 aromatic rings. The Morgan fingerprint density at radius 1 is 1.32 bits per heavy atom. The summed E-state index contributed by atoms with van der Waals surface area (Å²) in [6.45, 7) is 0.406. The predicted molar refractivity (Wildman–Crippen MR) is 118 cm³/mol. The minimum absolute atomic E-state index is 0.264. The second-order valence-corrected chi connectivity index (χ2v) is 8.77. The molecule has 7 nitrogen and oxygen atoms in total. The number of carbonyl (C=O) groups excluding carboxylic acids is 2. The van der Waals surface area contributed by atoms with E-state index in [-0.39, 0.29) is 23.5 Å². The van der Waals surface area contributed by atoms with Gasteiger partial charge < -0.3 is 21.5 Å². The van der Waals surface area contributed by atoms with E-state index in [1.807, 2.05) is 23.8 Å². The first kappa shape index (κ1) is 24.8. The fourth-order valence-corrected chi connectivity index (χ4v) is 3.98. The zero-order valence-electron chi connectivity index (χ0n) is 15.9. The highest BCUT2D eigenvalue weighted by molar-refractivity contribution is 7.98. The minimum atomic E-state index is -1.02. The highest BCUT2D eigenvalue weighted by atomic mass is 32.2. The number of nitrogens with two attached hydrogens (primary N) is 1. The minimum Gasteiger partial charge on any atom is -0.480 e. The number of hydrogen-bond acceptors (Lipinski definition) is 7. The van der Waals surface area contributed by atoms with Crippen molar-refractivity contribution in [3.63, 3.8) is 0 Å². The third kappa shape index (κ3) is 9.31. The van der Waals surface area contributed by atoms with E-state index in [0.717, 1.165) is 4.88 Å². The van der Waals surface area contributed by atoms with E-state index in [1.165, 1.54) is 0 Å². The van der Waals surface area contributed by atoms with Crippen LogP contribution in [-0.4, -0.2) is 59.3 Å². The average Bonchev–Trinajstić information content (AvgIpc) is 3.19. The molecule has 0 saturated carbocycles. The quantitative estimate of drug-likeness (QED) is 0.217. The van der Waals surface area contributed by atoms with Gasteiger partial charge in [0.1, 0.15) is 6.04 Å². The Balaban J connectivity index is 2.63. The first-order valence-corrected chi connectivity index (χ1v) is 12.0. The molecule has 1 heterocycles. The highest BCUT2D eigenvalue weighted by Crippen LogP contribution is 2.19. The Bertz CT molecular complexity index is 613. The van der Waals surface area contributed by atoms with Gasteiger partial charge in [-0.3, -0.25) is 9.59 Å². The van der Waals surface area contributed by atoms with Gasteiger partial charge in [-0.25, -0.2) is 4.79 Å². The summed E-state index contributed by atoms with van der Waals surface area (Å²) in [5, 5.41) is 16.7. The van der Waals surface area contributed by atoms with Crippen LogP contribution < -0.4 is 16.4 Å². The molecule has 10 heteroatoms. The van der Waals surface area contributed by atoms with Crippen LogP contribution >= 0.6 is 35.7 Å². The number of amides is 2. The third-order valence-corrected chi connectivity index (χ3v) is 6.12. The molecule has 0 fully saturated rings. The number of thioether (sulfide) groups is 1. The van der Waals surface area contributed by atoms with Crippen LogP contribution in [0.5, 0.6) is 0 Å². The van der Waals surface area contributed by atoms with Gasteiger partial charge in [0.2, 0.25) is 11.8 Å². The fraction of sp³-hybridized carbons (Fsp3) is 0.611. The largest absolute Gasteiger partial charge is 0.480 e. The van der Waals surface area contributed by atoms with Crippen molar-refractivity contribution in [3.05, 3.63) is 22.4 Å². The van der Waals surface area contributed by atoms with Gasteiger partial charge in [-0.15, -0.1) is 11.3 Å². The number of aliphatic carboxylic acids is 1. The van der Waals surface area contributed by atoms with Crippen molar-refractivity contribution < 1.29 is 19.5 Å². The molecule has 5 N–H and O–H groups in total. The van der Waals surface area contributed by atoms with Crippen LogP contribution in [0.15, 0.2) is 17.5 Å². The molecule has 0 aliphatic carbocycles. The van der Waals surface area contributed by atoms with E-state index in [9.17, 15) is 19.5 Å². The summed E-state index contributed by atoms with van der Waals surface area (Å²) in [6.07, 6.45) is 3.95. The lowest BCUT2D eigenvalue weighted by atomic mass is 9.96. The van der Waals surface area contributed by atoms with Crippen LogP contribution in [0, 0.1) is 5.92 Å². The van der Waals surface area contributed by atoms with Crippen molar-refractivity contribution in [2.24, 2.45) is 11.7 Å². The van der Waals surface area contributed by atoms with Gasteiger partial charge in [0, 0.05) is 23.1 Å². The number of thiophene rings is 1.